The van der Waals surface area contributed by atoms with Crippen LogP contribution < -0.4 is 14.4 Å². The zero-order valence-corrected chi connectivity index (χ0v) is 25.9. The number of hydrogen-bond acceptors (Lipinski definition) is 5. The lowest BCUT2D eigenvalue weighted by molar-refractivity contribution is -0.145. The van der Waals surface area contributed by atoms with Crippen LogP contribution in [0.3, 0.4) is 0 Å². The molecule has 0 radical (unpaired) electrons. The van der Waals surface area contributed by atoms with Crippen molar-refractivity contribution in [3.63, 3.8) is 0 Å². The SMILES string of the molecule is CC[C@H](c1ccccc1)N1Cc2cc3c(cc2CC1C(=O)O)N(C)C(=O)[C@@H](c1ccc(OCc2ccc(Cl)c(Cl)c2)cc1)O3. The summed E-state index contributed by atoms with van der Waals surface area (Å²) in [6, 6.07) is 25.8. The predicted molar refractivity (Wildman–Crippen MR) is 171 cm³/mol. The molecule has 2 aliphatic heterocycles. The van der Waals surface area contributed by atoms with Crippen LogP contribution in [0.15, 0.2) is 84.9 Å². The molecule has 44 heavy (non-hydrogen) atoms. The van der Waals surface area contributed by atoms with Crippen molar-refractivity contribution in [3.05, 3.63) is 123 Å². The maximum Gasteiger partial charge on any atom is 0.321 e. The zero-order chi connectivity index (χ0) is 31.0. The first-order valence-corrected chi connectivity index (χ1v) is 15.3. The van der Waals surface area contributed by atoms with E-state index >= 15 is 0 Å². The Bertz CT molecular complexity index is 1700. The van der Waals surface area contributed by atoms with Crippen molar-refractivity contribution >= 4 is 40.8 Å². The van der Waals surface area contributed by atoms with E-state index in [1.165, 1.54) is 0 Å². The minimum absolute atomic E-state index is 0.0446. The molecule has 4 aromatic carbocycles. The number of likely N-dealkylation sites (N-methyl/N-ethyl adjacent to an activating group) is 1. The summed E-state index contributed by atoms with van der Waals surface area (Å²) in [5, 5.41) is 11.2. The molecule has 1 amide bonds. The maximum absolute atomic E-state index is 13.5. The van der Waals surface area contributed by atoms with Crippen molar-refractivity contribution in [2.75, 3.05) is 11.9 Å². The van der Waals surface area contributed by atoms with Gasteiger partial charge in [0.2, 0.25) is 6.10 Å². The van der Waals surface area contributed by atoms with Gasteiger partial charge in [-0.25, -0.2) is 0 Å². The molecule has 2 aliphatic rings. The Morgan fingerprint density at radius 3 is 2.43 bits per heavy atom. The number of carboxylic acids is 1. The second-order valence-corrected chi connectivity index (χ2v) is 12.0. The molecule has 2 heterocycles. The fourth-order valence-corrected chi connectivity index (χ4v) is 6.41. The predicted octanol–water partition coefficient (Wildman–Crippen LogP) is 7.63. The lowest BCUT2D eigenvalue weighted by Crippen LogP contribution is -2.47. The van der Waals surface area contributed by atoms with Gasteiger partial charge >= 0.3 is 5.97 Å². The number of halogens is 2. The number of amides is 1. The van der Waals surface area contributed by atoms with E-state index in [2.05, 4.69) is 11.8 Å². The highest BCUT2D eigenvalue weighted by Gasteiger charge is 2.39. The smallest absolute Gasteiger partial charge is 0.321 e. The van der Waals surface area contributed by atoms with Crippen molar-refractivity contribution in [1.82, 2.24) is 4.90 Å². The van der Waals surface area contributed by atoms with Gasteiger partial charge in [-0.1, -0.05) is 78.7 Å². The third kappa shape index (κ3) is 5.87. The van der Waals surface area contributed by atoms with Crippen LogP contribution in [0.25, 0.3) is 0 Å². The number of carbonyl (C=O) groups excluding carboxylic acids is 1. The molecule has 0 fully saturated rings. The molecule has 1 N–H and O–H groups in total. The molecule has 226 valence electrons. The van der Waals surface area contributed by atoms with Gasteiger partial charge in [-0.2, -0.15) is 0 Å². The lowest BCUT2D eigenvalue weighted by atomic mass is 9.89. The molecule has 9 heteroatoms. The highest BCUT2D eigenvalue weighted by molar-refractivity contribution is 6.42. The third-order valence-electron chi connectivity index (χ3n) is 8.44. The summed E-state index contributed by atoms with van der Waals surface area (Å²) >= 11 is 12.1. The number of nitrogens with zero attached hydrogens (tertiary/aromatic N) is 2. The molecule has 4 aromatic rings. The Hall–Kier alpha value is -4.04. The summed E-state index contributed by atoms with van der Waals surface area (Å²) < 4.78 is 12.3. The van der Waals surface area contributed by atoms with Crippen LogP contribution in [0.1, 0.15) is 53.3 Å². The molecule has 0 spiro atoms. The van der Waals surface area contributed by atoms with Gasteiger partial charge in [-0.05, 0) is 71.5 Å². The van der Waals surface area contributed by atoms with E-state index in [0.29, 0.717) is 52.4 Å². The highest BCUT2D eigenvalue weighted by atomic mass is 35.5. The lowest BCUT2D eigenvalue weighted by Gasteiger charge is -2.41. The maximum atomic E-state index is 13.5. The highest BCUT2D eigenvalue weighted by Crippen LogP contribution is 2.43. The number of rotatable bonds is 8. The summed E-state index contributed by atoms with van der Waals surface area (Å²) in [5.74, 6) is 0.178. The first-order chi connectivity index (χ1) is 21.2. The normalized spacial score (nSPS) is 18.6. The monoisotopic (exact) mass is 630 g/mol. The largest absolute Gasteiger partial charge is 0.489 e. The zero-order valence-electron chi connectivity index (χ0n) is 24.4. The standard InChI is InChI=1S/C35H32Cl2N2O5/c1-3-29(22-7-5-4-6-8-22)39-19-25-18-32-30(16-24(25)17-31(39)35(41)42)38(2)34(40)33(44-32)23-10-12-26(13-11-23)43-20-21-9-14-27(36)28(37)15-21/h4-16,18,29,31,33H,3,17,19-20H2,1-2H3,(H,41,42)/t29-,31?,33-/m1/s1. The number of hydrogen-bond donors (Lipinski definition) is 1. The van der Waals surface area contributed by atoms with Crippen molar-refractivity contribution in [3.8, 4) is 11.5 Å². The Balaban J connectivity index is 1.23. The Kier molecular flexibility index (Phi) is 8.54. The van der Waals surface area contributed by atoms with Gasteiger partial charge in [0.05, 0.1) is 15.7 Å². The molecule has 0 saturated carbocycles. The Morgan fingerprint density at radius 2 is 1.75 bits per heavy atom. The number of aliphatic carboxylic acids is 1. The van der Waals surface area contributed by atoms with Crippen LogP contribution in [0.4, 0.5) is 5.69 Å². The molecule has 0 aromatic heterocycles. The average molecular weight is 632 g/mol. The molecule has 7 nitrogen and oxygen atoms in total. The van der Waals surface area contributed by atoms with E-state index in [-0.39, 0.29) is 11.9 Å². The van der Waals surface area contributed by atoms with Gasteiger partial charge in [0, 0.05) is 25.2 Å². The summed E-state index contributed by atoms with van der Waals surface area (Å²) in [4.78, 5) is 29.6. The third-order valence-corrected chi connectivity index (χ3v) is 9.18. The number of anilines is 1. The Morgan fingerprint density at radius 1 is 1.00 bits per heavy atom. The minimum Gasteiger partial charge on any atom is -0.489 e. The van der Waals surface area contributed by atoms with Crippen molar-refractivity contribution < 1.29 is 24.2 Å². The summed E-state index contributed by atoms with van der Waals surface area (Å²) in [6.45, 7) is 2.86. The summed E-state index contributed by atoms with van der Waals surface area (Å²) in [5.41, 5.74) is 5.24. The molecule has 0 aliphatic carbocycles. The van der Waals surface area contributed by atoms with E-state index in [9.17, 15) is 14.7 Å². The van der Waals surface area contributed by atoms with Crippen LogP contribution in [0.2, 0.25) is 10.0 Å². The van der Waals surface area contributed by atoms with E-state index in [1.54, 1.807) is 24.1 Å². The Labute approximate surface area is 266 Å². The van der Waals surface area contributed by atoms with Gasteiger partial charge < -0.3 is 19.5 Å². The molecule has 1 unspecified atom stereocenters. The van der Waals surface area contributed by atoms with Crippen LogP contribution in [-0.2, 0) is 29.2 Å². The van der Waals surface area contributed by atoms with Crippen molar-refractivity contribution in [2.45, 2.75) is 51.1 Å². The van der Waals surface area contributed by atoms with Gasteiger partial charge in [-0.3, -0.25) is 14.5 Å². The molecule has 0 bridgehead atoms. The number of carbonyl (C=O) groups is 2. The van der Waals surface area contributed by atoms with Crippen LogP contribution >= 0.6 is 23.2 Å². The van der Waals surface area contributed by atoms with Gasteiger partial charge in [0.25, 0.3) is 5.91 Å². The minimum atomic E-state index is -0.854. The van der Waals surface area contributed by atoms with Gasteiger partial charge in [0.15, 0.2) is 0 Å². The van der Waals surface area contributed by atoms with E-state index < -0.39 is 18.1 Å². The summed E-state index contributed by atoms with van der Waals surface area (Å²) in [6.07, 6.45) is 0.293. The average Bonchev–Trinajstić information content (AvgIpc) is 3.03. The molecule has 6 rings (SSSR count). The van der Waals surface area contributed by atoms with Gasteiger partial charge in [0.1, 0.15) is 24.1 Å². The number of fused-ring (bicyclic) bond motifs is 2. The molecular weight excluding hydrogens is 599 g/mol. The van der Waals surface area contributed by atoms with E-state index in [4.69, 9.17) is 32.7 Å². The number of carboxylic acid groups (broad SMARTS) is 1. The quantitative estimate of drug-likeness (QED) is 0.216. The molecule has 3 atom stereocenters. The van der Waals surface area contributed by atoms with Crippen LogP contribution in [0.5, 0.6) is 11.5 Å². The van der Waals surface area contributed by atoms with E-state index in [1.807, 2.05) is 72.8 Å². The first kappa shape index (κ1) is 30.0. The first-order valence-electron chi connectivity index (χ1n) is 14.5. The van der Waals surface area contributed by atoms with Crippen molar-refractivity contribution in [2.24, 2.45) is 0 Å². The van der Waals surface area contributed by atoms with Crippen LogP contribution in [-0.4, -0.2) is 35.0 Å². The van der Waals surface area contributed by atoms with Crippen molar-refractivity contribution in [1.29, 1.82) is 0 Å². The second kappa shape index (κ2) is 12.5. The fourth-order valence-electron chi connectivity index (χ4n) is 6.09. The fraction of sp³-hybridized carbons (Fsp3) is 0.257. The number of ether oxygens (including phenoxy) is 2. The molecular formula is C35H32Cl2N2O5. The number of benzene rings is 4. The van der Waals surface area contributed by atoms with E-state index in [0.717, 1.165) is 28.7 Å². The van der Waals surface area contributed by atoms with Gasteiger partial charge in [-0.15, -0.1) is 0 Å². The molecule has 0 saturated heterocycles. The van der Waals surface area contributed by atoms with Crippen LogP contribution in [0, 0.1) is 0 Å². The second-order valence-electron chi connectivity index (χ2n) is 11.2. The summed E-state index contributed by atoms with van der Waals surface area (Å²) in [7, 11) is 1.73. The topological polar surface area (TPSA) is 79.3 Å².